The molecule has 1 N–H and O–H groups in total. The number of hydrogen-bond acceptors (Lipinski definition) is 4. The summed E-state index contributed by atoms with van der Waals surface area (Å²) in [6.45, 7) is 6.31. The van der Waals surface area contributed by atoms with E-state index in [2.05, 4.69) is 5.32 Å². The Morgan fingerprint density at radius 1 is 1.09 bits per heavy atom. The van der Waals surface area contributed by atoms with Crippen LogP contribution in [0.25, 0.3) is 0 Å². The minimum absolute atomic E-state index is 0.0116. The number of sulfonamides is 1. The Labute approximate surface area is 202 Å². The summed E-state index contributed by atoms with van der Waals surface area (Å²) in [5.41, 5.74) is 1.92. The zero-order chi connectivity index (χ0) is 25.3. The van der Waals surface area contributed by atoms with Crippen molar-refractivity contribution in [2.45, 2.75) is 52.6 Å². The molecule has 0 spiro atoms. The Kier molecular flexibility index (Phi) is 10.0. The second-order valence-electron chi connectivity index (χ2n) is 8.36. The number of benzene rings is 2. The zero-order valence-electron chi connectivity index (χ0n) is 20.3. The molecule has 0 aliphatic rings. The van der Waals surface area contributed by atoms with E-state index in [-0.39, 0.29) is 43.4 Å². The van der Waals surface area contributed by atoms with Gasteiger partial charge in [-0.25, -0.2) is 12.8 Å². The maximum atomic E-state index is 14.2. The quantitative estimate of drug-likeness (QED) is 0.491. The van der Waals surface area contributed by atoms with Crippen molar-refractivity contribution >= 4 is 27.5 Å². The average molecular weight is 492 g/mol. The van der Waals surface area contributed by atoms with Crippen LogP contribution in [-0.2, 0) is 26.2 Å². The number of amides is 2. The number of halogens is 1. The van der Waals surface area contributed by atoms with Crippen LogP contribution in [0.1, 0.15) is 44.2 Å². The number of carbonyl (C=O) groups excluding carboxylic acids is 2. The van der Waals surface area contributed by atoms with Crippen LogP contribution in [0.15, 0.2) is 48.5 Å². The molecule has 1 atom stereocenters. The minimum atomic E-state index is -3.75. The van der Waals surface area contributed by atoms with Crippen LogP contribution in [0.3, 0.4) is 0 Å². The second-order valence-corrected chi connectivity index (χ2v) is 10.3. The van der Waals surface area contributed by atoms with Crippen molar-refractivity contribution in [3.63, 3.8) is 0 Å². The average Bonchev–Trinajstić information content (AvgIpc) is 2.79. The highest BCUT2D eigenvalue weighted by molar-refractivity contribution is 7.92. The molecule has 0 radical (unpaired) electrons. The highest BCUT2D eigenvalue weighted by Crippen LogP contribution is 2.22. The fraction of sp³-hybridized carbons (Fsp3) is 0.440. The molecule has 1 unspecified atom stereocenters. The number of para-hydroxylation sites is 1. The molecule has 0 saturated heterocycles. The van der Waals surface area contributed by atoms with Gasteiger partial charge in [-0.15, -0.1) is 0 Å². The fourth-order valence-electron chi connectivity index (χ4n) is 3.51. The lowest BCUT2D eigenvalue weighted by molar-refractivity contribution is -0.140. The molecule has 9 heteroatoms. The van der Waals surface area contributed by atoms with E-state index >= 15 is 0 Å². The van der Waals surface area contributed by atoms with Gasteiger partial charge in [0.05, 0.1) is 11.9 Å². The summed E-state index contributed by atoms with van der Waals surface area (Å²) in [5.74, 6) is -1.17. The van der Waals surface area contributed by atoms with Gasteiger partial charge >= 0.3 is 0 Å². The van der Waals surface area contributed by atoms with Crippen molar-refractivity contribution in [2.75, 3.05) is 23.7 Å². The molecule has 0 saturated carbocycles. The summed E-state index contributed by atoms with van der Waals surface area (Å²) >= 11 is 0. The van der Waals surface area contributed by atoms with Crippen LogP contribution in [0, 0.1) is 12.7 Å². The molecule has 0 aromatic heterocycles. The van der Waals surface area contributed by atoms with Crippen LogP contribution in [0.2, 0.25) is 0 Å². The van der Waals surface area contributed by atoms with Gasteiger partial charge in [0.1, 0.15) is 11.9 Å². The Bertz CT molecular complexity index is 1070. The number of nitrogens with zero attached hydrogens (tertiary/aromatic N) is 2. The number of hydrogen-bond donors (Lipinski definition) is 1. The van der Waals surface area contributed by atoms with Crippen molar-refractivity contribution in [3.8, 4) is 0 Å². The van der Waals surface area contributed by atoms with Crippen molar-refractivity contribution in [2.24, 2.45) is 0 Å². The number of carbonyl (C=O) groups is 2. The second kappa shape index (κ2) is 12.5. The Morgan fingerprint density at radius 2 is 1.74 bits per heavy atom. The van der Waals surface area contributed by atoms with E-state index in [9.17, 15) is 22.4 Å². The predicted molar refractivity (Wildman–Crippen MR) is 132 cm³/mol. The van der Waals surface area contributed by atoms with E-state index in [1.165, 1.54) is 23.1 Å². The first-order chi connectivity index (χ1) is 16.0. The number of rotatable bonds is 12. The minimum Gasteiger partial charge on any atom is -0.354 e. The SMILES string of the molecule is CCCNC(=O)C(C)N(Cc1ccc(C)cc1)C(=O)CCCN(c1ccccc1F)S(C)(=O)=O. The largest absolute Gasteiger partial charge is 0.354 e. The maximum Gasteiger partial charge on any atom is 0.242 e. The van der Waals surface area contributed by atoms with Gasteiger partial charge in [-0.05, 0) is 44.4 Å². The number of nitrogens with one attached hydrogen (secondary N) is 1. The fourth-order valence-corrected chi connectivity index (χ4v) is 4.47. The van der Waals surface area contributed by atoms with Gasteiger partial charge in [-0.2, -0.15) is 0 Å². The van der Waals surface area contributed by atoms with Crippen LogP contribution in [0.5, 0.6) is 0 Å². The number of aryl methyl sites for hydroxylation is 1. The predicted octanol–water partition coefficient (Wildman–Crippen LogP) is 3.62. The van der Waals surface area contributed by atoms with Crippen molar-refractivity contribution in [1.82, 2.24) is 10.2 Å². The van der Waals surface area contributed by atoms with Gasteiger partial charge in [0.15, 0.2) is 0 Å². The van der Waals surface area contributed by atoms with E-state index < -0.39 is 21.9 Å². The smallest absolute Gasteiger partial charge is 0.242 e. The van der Waals surface area contributed by atoms with E-state index in [0.29, 0.717) is 6.54 Å². The first kappa shape index (κ1) is 27.3. The number of anilines is 1. The summed E-state index contributed by atoms with van der Waals surface area (Å²) < 4.78 is 39.7. The Balaban J connectivity index is 2.15. The Hall–Kier alpha value is -2.94. The summed E-state index contributed by atoms with van der Waals surface area (Å²) in [7, 11) is -3.75. The summed E-state index contributed by atoms with van der Waals surface area (Å²) in [6.07, 6.45) is 1.97. The molecule has 0 heterocycles. The molecular weight excluding hydrogens is 457 g/mol. The Morgan fingerprint density at radius 3 is 2.32 bits per heavy atom. The van der Waals surface area contributed by atoms with E-state index in [1.54, 1.807) is 13.0 Å². The lowest BCUT2D eigenvalue weighted by Gasteiger charge is -2.29. The van der Waals surface area contributed by atoms with Crippen LogP contribution in [-0.4, -0.2) is 50.5 Å². The van der Waals surface area contributed by atoms with Gasteiger partial charge in [-0.3, -0.25) is 13.9 Å². The van der Waals surface area contributed by atoms with Crippen molar-refractivity contribution in [1.29, 1.82) is 0 Å². The van der Waals surface area contributed by atoms with E-state index in [4.69, 9.17) is 0 Å². The molecule has 2 aromatic rings. The standard InChI is InChI=1S/C25H34FN3O4S/c1-5-16-27-25(31)20(3)28(18-21-14-12-19(2)13-15-21)24(30)11-8-17-29(34(4,32)33)23-10-7-6-9-22(23)26/h6-7,9-10,12-15,20H,5,8,11,16-18H2,1-4H3,(H,27,31). The summed E-state index contributed by atoms with van der Waals surface area (Å²) in [4.78, 5) is 27.3. The third kappa shape index (κ3) is 7.83. The van der Waals surface area contributed by atoms with E-state index in [1.807, 2.05) is 38.1 Å². The maximum absolute atomic E-state index is 14.2. The molecular formula is C25H34FN3O4S. The molecule has 186 valence electrons. The van der Waals surface area contributed by atoms with Crippen LogP contribution < -0.4 is 9.62 Å². The molecule has 2 aromatic carbocycles. The molecule has 0 aliphatic heterocycles. The van der Waals surface area contributed by atoms with Gasteiger partial charge in [0.2, 0.25) is 21.8 Å². The molecule has 2 rings (SSSR count). The lowest BCUT2D eigenvalue weighted by atomic mass is 10.1. The van der Waals surface area contributed by atoms with Gasteiger partial charge in [0.25, 0.3) is 0 Å². The lowest BCUT2D eigenvalue weighted by Crippen LogP contribution is -2.47. The molecule has 0 fully saturated rings. The summed E-state index contributed by atoms with van der Waals surface area (Å²) in [5, 5.41) is 2.82. The third-order valence-corrected chi connectivity index (χ3v) is 6.64. The zero-order valence-corrected chi connectivity index (χ0v) is 21.1. The topological polar surface area (TPSA) is 86.8 Å². The van der Waals surface area contributed by atoms with Crippen molar-refractivity contribution in [3.05, 3.63) is 65.5 Å². The van der Waals surface area contributed by atoms with E-state index in [0.717, 1.165) is 28.1 Å². The molecule has 0 aliphatic carbocycles. The molecule has 0 bridgehead atoms. The monoisotopic (exact) mass is 491 g/mol. The van der Waals surface area contributed by atoms with Gasteiger partial charge < -0.3 is 10.2 Å². The van der Waals surface area contributed by atoms with Crippen LogP contribution in [0.4, 0.5) is 10.1 Å². The normalized spacial score (nSPS) is 12.1. The van der Waals surface area contributed by atoms with Gasteiger partial charge in [0, 0.05) is 26.1 Å². The van der Waals surface area contributed by atoms with Crippen molar-refractivity contribution < 1.29 is 22.4 Å². The first-order valence-corrected chi connectivity index (χ1v) is 13.2. The first-order valence-electron chi connectivity index (χ1n) is 11.4. The summed E-state index contributed by atoms with van der Waals surface area (Å²) in [6, 6.07) is 12.6. The molecule has 2 amide bonds. The highest BCUT2D eigenvalue weighted by atomic mass is 32.2. The molecule has 34 heavy (non-hydrogen) atoms. The van der Waals surface area contributed by atoms with Crippen LogP contribution >= 0.6 is 0 Å². The van der Waals surface area contributed by atoms with Gasteiger partial charge in [-0.1, -0.05) is 48.9 Å². The third-order valence-electron chi connectivity index (χ3n) is 5.46. The molecule has 7 nitrogen and oxygen atoms in total. The highest BCUT2D eigenvalue weighted by Gasteiger charge is 2.27.